The smallest absolute Gasteiger partial charge is 0.231 e. The molecular formula is C22H23ClN2O4. The number of phenolic OH excluding ortho intramolecular Hbond substituents is 1. The zero-order chi connectivity index (χ0) is 20.4. The summed E-state index contributed by atoms with van der Waals surface area (Å²) in [6.07, 6.45) is 1.67. The normalized spacial score (nSPS) is 18.8. The third-order valence-corrected chi connectivity index (χ3v) is 5.56. The van der Waals surface area contributed by atoms with Gasteiger partial charge in [-0.15, -0.1) is 0 Å². The summed E-state index contributed by atoms with van der Waals surface area (Å²) < 4.78 is 5.91. The zero-order valence-electron chi connectivity index (χ0n) is 16.0. The van der Waals surface area contributed by atoms with Crippen LogP contribution in [-0.4, -0.2) is 65.1 Å². The van der Waals surface area contributed by atoms with Gasteiger partial charge in [0.05, 0.1) is 17.7 Å². The number of aliphatic hydroxyl groups excluding tert-OH is 1. The number of halogens is 1. The minimum atomic E-state index is -0.200. The monoisotopic (exact) mass is 414 g/mol. The number of phenols is 1. The molecule has 2 aliphatic heterocycles. The number of nitrogens with zero attached hydrogens (tertiary/aromatic N) is 2. The van der Waals surface area contributed by atoms with E-state index in [9.17, 15) is 9.90 Å². The molecule has 0 aliphatic carbocycles. The molecular weight excluding hydrogens is 392 g/mol. The van der Waals surface area contributed by atoms with Gasteiger partial charge in [-0.05, 0) is 35.9 Å². The van der Waals surface area contributed by atoms with Crippen molar-refractivity contribution in [1.29, 1.82) is 0 Å². The molecule has 0 spiro atoms. The van der Waals surface area contributed by atoms with E-state index in [-0.39, 0.29) is 23.9 Å². The van der Waals surface area contributed by atoms with Crippen LogP contribution in [0.1, 0.15) is 21.5 Å². The van der Waals surface area contributed by atoms with E-state index in [2.05, 4.69) is 9.80 Å². The van der Waals surface area contributed by atoms with Crippen LogP contribution in [0.15, 0.2) is 42.2 Å². The van der Waals surface area contributed by atoms with E-state index in [0.29, 0.717) is 35.0 Å². The predicted octanol–water partition coefficient (Wildman–Crippen LogP) is 2.77. The lowest BCUT2D eigenvalue weighted by Gasteiger charge is -2.34. The van der Waals surface area contributed by atoms with Crippen molar-refractivity contribution in [2.75, 3.05) is 39.3 Å². The second kappa shape index (κ2) is 8.55. The number of carbonyl (C=O) groups is 1. The van der Waals surface area contributed by atoms with Gasteiger partial charge in [0.15, 0.2) is 5.76 Å². The first-order valence-electron chi connectivity index (χ1n) is 9.65. The molecule has 0 bridgehead atoms. The highest BCUT2D eigenvalue weighted by Crippen LogP contribution is 2.40. The highest BCUT2D eigenvalue weighted by molar-refractivity contribution is 6.30. The summed E-state index contributed by atoms with van der Waals surface area (Å²) >= 11 is 6.03. The largest absolute Gasteiger partial charge is 0.507 e. The minimum absolute atomic E-state index is 0.123. The summed E-state index contributed by atoms with van der Waals surface area (Å²) in [5.41, 5.74) is 1.87. The molecule has 0 atom stereocenters. The van der Waals surface area contributed by atoms with Gasteiger partial charge in [-0.1, -0.05) is 23.7 Å². The lowest BCUT2D eigenvalue weighted by Crippen LogP contribution is -2.46. The molecule has 0 amide bonds. The van der Waals surface area contributed by atoms with E-state index in [1.807, 2.05) is 12.1 Å². The average Bonchev–Trinajstić information content (AvgIpc) is 3.01. The molecule has 0 unspecified atom stereocenters. The molecule has 2 aromatic carbocycles. The standard InChI is InChI=1S/C22H23ClN2O4/c23-16-3-1-2-15(12-16)13-20-21(28)17-4-5-19(27)18(22(17)29-20)14-25-8-6-24(7-9-25)10-11-26/h1-5,12-13,26-27H,6-11,14H2/b20-13+. The van der Waals surface area contributed by atoms with Gasteiger partial charge in [0.1, 0.15) is 11.5 Å². The summed E-state index contributed by atoms with van der Waals surface area (Å²) in [6.45, 7) is 4.69. The second-order valence-corrected chi connectivity index (χ2v) is 7.71. The maximum absolute atomic E-state index is 12.8. The number of piperazine rings is 1. The van der Waals surface area contributed by atoms with Crippen LogP contribution in [0.2, 0.25) is 5.02 Å². The summed E-state index contributed by atoms with van der Waals surface area (Å²) in [4.78, 5) is 17.2. The minimum Gasteiger partial charge on any atom is -0.507 e. The Balaban J connectivity index is 1.55. The van der Waals surface area contributed by atoms with Gasteiger partial charge in [-0.3, -0.25) is 14.6 Å². The molecule has 0 saturated carbocycles. The third kappa shape index (κ3) is 4.31. The number of hydrogen-bond acceptors (Lipinski definition) is 6. The van der Waals surface area contributed by atoms with Gasteiger partial charge in [0, 0.05) is 44.3 Å². The number of benzene rings is 2. The Kier molecular flexibility index (Phi) is 5.87. The maximum atomic E-state index is 12.8. The quantitative estimate of drug-likeness (QED) is 0.733. The van der Waals surface area contributed by atoms with E-state index in [4.69, 9.17) is 21.4 Å². The SMILES string of the molecule is O=C1/C(=C\c2cccc(Cl)c2)Oc2c1ccc(O)c2CN1CCN(CCO)CC1. The molecule has 0 aromatic heterocycles. The van der Waals surface area contributed by atoms with Crippen LogP contribution in [0.4, 0.5) is 0 Å². The first-order valence-corrected chi connectivity index (χ1v) is 10.0. The van der Waals surface area contributed by atoms with Crippen LogP contribution < -0.4 is 4.74 Å². The van der Waals surface area contributed by atoms with Crippen molar-refractivity contribution in [3.63, 3.8) is 0 Å². The van der Waals surface area contributed by atoms with E-state index >= 15 is 0 Å². The van der Waals surface area contributed by atoms with Crippen molar-refractivity contribution >= 4 is 23.5 Å². The van der Waals surface area contributed by atoms with Gasteiger partial charge in [-0.25, -0.2) is 0 Å². The molecule has 1 saturated heterocycles. The molecule has 6 nitrogen and oxygen atoms in total. The van der Waals surface area contributed by atoms with Crippen LogP contribution in [0.3, 0.4) is 0 Å². The molecule has 4 rings (SSSR count). The topological polar surface area (TPSA) is 73.2 Å². The Morgan fingerprint density at radius 3 is 2.59 bits per heavy atom. The molecule has 2 N–H and O–H groups in total. The van der Waals surface area contributed by atoms with Crippen molar-refractivity contribution in [2.24, 2.45) is 0 Å². The van der Waals surface area contributed by atoms with E-state index in [1.165, 1.54) is 0 Å². The fraction of sp³-hybridized carbons (Fsp3) is 0.318. The Bertz CT molecular complexity index is 952. The fourth-order valence-electron chi connectivity index (χ4n) is 3.73. The molecule has 2 heterocycles. The maximum Gasteiger partial charge on any atom is 0.231 e. The molecule has 7 heteroatoms. The highest BCUT2D eigenvalue weighted by atomic mass is 35.5. The number of allylic oxidation sites excluding steroid dienone is 1. The number of hydrogen-bond donors (Lipinski definition) is 2. The molecule has 29 heavy (non-hydrogen) atoms. The van der Waals surface area contributed by atoms with Gasteiger partial charge < -0.3 is 14.9 Å². The van der Waals surface area contributed by atoms with E-state index < -0.39 is 0 Å². The van der Waals surface area contributed by atoms with E-state index in [1.54, 1.807) is 30.3 Å². The number of ketones is 1. The Morgan fingerprint density at radius 1 is 1.10 bits per heavy atom. The predicted molar refractivity (Wildman–Crippen MR) is 111 cm³/mol. The summed E-state index contributed by atoms with van der Waals surface area (Å²) in [6, 6.07) is 10.4. The summed E-state index contributed by atoms with van der Waals surface area (Å²) in [5.74, 6) is 0.579. The number of β-amino-alcohol motifs (C(OH)–C–C–N with tert-alkyl or cyclic N) is 1. The van der Waals surface area contributed by atoms with Crippen molar-refractivity contribution in [3.8, 4) is 11.5 Å². The first kappa shape index (κ1) is 19.9. The van der Waals surface area contributed by atoms with Gasteiger partial charge in [0.25, 0.3) is 0 Å². The number of fused-ring (bicyclic) bond motifs is 1. The van der Waals surface area contributed by atoms with Crippen molar-refractivity contribution < 1.29 is 19.7 Å². The number of carbonyl (C=O) groups excluding carboxylic acids is 1. The van der Waals surface area contributed by atoms with Crippen molar-refractivity contribution in [2.45, 2.75) is 6.54 Å². The number of aliphatic hydroxyl groups is 1. The zero-order valence-corrected chi connectivity index (χ0v) is 16.7. The number of aromatic hydroxyl groups is 1. The Labute approximate surface area is 174 Å². The van der Waals surface area contributed by atoms with Gasteiger partial charge >= 0.3 is 0 Å². The van der Waals surface area contributed by atoms with Crippen molar-refractivity contribution in [1.82, 2.24) is 9.80 Å². The lowest BCUT2D eigenvalue weighted by atomic mass is 10.0. The van der Waals surface area contributed by atoms with Crippen molar-refractivity contribution in [3.05, 3.63) is 63.9 Å². The Hall–Kier alpha value is -2.38. The first-order chi connectivity index (χ1) is 14.0. The lowest BCUT2D eigenvalue weighted by molar-refractivity contribution is 0.101. The molecule has 0 radical (unpaired) electrons. The van der Waals surface area contributed by atoms with Crippen LogP contribution >= 0.6 is 11.6 Å². The number of ether oxygens (including phenoxy) is 1. The molecule has 1 fully saturated rings. The van der Waals surface area contributed by atoms with Crippen LogP contribution in [0, 0.1) is 0 Å². The number of rotatable bonds is 5. The van der Waals surface area contributed by atoms with Crippen LogP contribution in [0.5, 0.6) is 11.5 Å². The fourth-order valence-corrected chi connectivity index (χ4v) is 3.93. The molecule has 2 aliphatic rings. The highest BCUT2D eigenvalue weighted by Gasteiger charge is 2.32. The third-order valence-electron chi connectivity index (χ3n) is 5.33. The summed E-state index contributed by atoms with van der Waals surface area (Å²) in [5, 5.41) is 20.1. The molecule has 152 valence electrons. The average molecular weight is 415 g/mol. The summed E-state index contributed by atoms with van der Waals surface area (Å²) in [7, 11) is 0. The van der Waals surface area contributed by atoms with Crippen LogP contribution in [-0.2, 0) is 6.54 Å². The second-order valence-electron chi connectivity index (χ2n) is 7.28. The van der Waals surface area contributed by atoms with Crippen LogP contribution in [0.25, 0.3) is 6.08 Å². The van der Waals surface area contributed by atoms with Gasteiger partial charge in [-0.2, -0.15) is 0 Å². The Morgan fingerprint density at radius 2 is 1.86 bits per heavy atom. The van der Waals surface area contributed by atoms with E-state index in [0.717, 1.165) is 31.7 Å². The molecule has 2 aromatic rings. The number of Topliss-reactive ketones (excluding diaryl/α,β-unsaturated/α-hetero) is 1. The van der Waals surface area contributed by atoms with Gasteiger partial charge in [0.2, 0.25) is 5.78 Å².